The van der Waals surface area contributed by atoms with Crippen LogP contribution in [0.1, 0.15) is 37.0 Å². The summed E-state index contributed by atoms with van der Waals surface area (Å²) in [4.78, 5) is 10.5. The first-order valence-electron chi connectivity index (χ1n) is 6.15. The van der Waals surface area contributed by atoms with E-state index in [2.05, 4.69) is 41.0 Å². The average Bonchev–Trinajstić information content (AvgIpc) is 2.61. The lowest BCUT2D eigenvalue weighted by Crippen LogP contribution is -2.43. The minimum Gasteiger partial charge on any atom is -0.345 e. The van der Waals surface area contributed by atoms with Gasteiger partial charge in [-0.05, 0) is 12.8 Å². The highest BCUT2D eigenvalue weighted by molar-refractivity contribution is 5.16. The third-order valence-corrected chi connectivity index (χ3v) is 3.10. The molecule has 0 radical (unpaired) electrons. The van der Waals surface area contributed by atoms with Gasteiger partial charge in [0.05, 0.1) is 12.2 Å². The van der Waals surface area contributed by atoms with E-state index in [1.165, 1.54) is 11.4 Å². The second-order valence-corrected chi connectivity index (χ2v) is 4.87. The maximum atomic E-state index is 4.69. The number of hydrogen-bond donors (Lipinski definition) is 2. The molecule has 90 valence electrons. The fraction of sp³-hybridized carbons (Fsp3) is 0.750. The normalized spacial score (nSPS) is 18.2. The summed E-state index contributed by atoms with van der Waals surface area (Å²) in [6.07, 6.45) is 0. The van der Waals surface area contributed by atoms with Crippen molar-refractivity contribution in [3.63, 3.8) is 0 Å². The topological polar surface area (TPSA) is 44.0 Å². The molecule has 1 aliphatic rings. The van der Waals surface area contributed by atoms with Gasteiger partial charge in [0.1, 0.15) is 5.82 Å². The van der Waals surface area contributed by atoms with Crippen molar-refractivity contribution in [3.05, 3.63) is 17.2 Å². The first kappa shape index (κ1) is 11.6. The number of aryl methyl sites for hydroxylation is 1. The van der Waals surface area contributed by atoms with Crippen LogP contribution in [0.25, 0.3) is 0 Å². The Bertz CT molecular complexity index is 337. The first-order chi connectivity index (χ1) is 7.66. The fourth-order valence-corrected chi connectivity index (χ4v) is 2.26. The zero-order valence-electron chi connectivity index (χ0n) is 10.5. The molecule has 0 bridgehead atoms. The molecule has 4 nitrogen and oxygen atoms in total. The predicted molar refractivity (Wildman–Crippen MR) is 65.6 cm³/mol. The number of nitrogens with one attached hydrogen (secondary N) is 2. The Balaban J connectivity index is 2.01. The van der Waals surface area contributed by atoms with Crippen LogP contribution in [-0.4, -0.2) is 41.0 Å². The van der Waals surface area contributed by atoms with Gasteiger partial charge in [-0.3, -0.25) is 4.90 Å². The van der Waals surface area contributed by atoms with Gasteiger partial charge >= 0.3 is 0 Å². The predicted octanol–water partition coefficient (Wildman–Crippen LogP) is 1.25. The second-order valence-electron chi connectivity index (χ2n) is 4.87. The highest BCUT2D eigenvalue weighted by Crippen LogP contribution is 2.16. The van der Waals surface area contributed by atoms with Crippen LogP contribution < -0.4 is 5.32 Å². The van der Waals surface area contributed by atoms with Crippen molar-refractivity contribution >= 4 is 0 Å². The van der Waals surface area contributed by atoms with Crippen molar-refractivity contribution in [2.45, 2.75) is 33.2 Å². The lowest BCUT2D eigenvalue weighted by Gasteiger charge is -2.26. The van der Waals surface area contributed by atoms with Crippen molar-refractivity contribution in [2.24, 2.45) is 0 Å². The van der Waals surface area contributed by atoms with Crippen molar-refractivity contribution in [2.75, 3.05) is 26.2 Å². The van der Waals surface area contributed by atoms with Crippen LogP contribution in [0.5, 0.6) is 0 Å². The molecule has 1 aromatic heterocycles. The summed E-state index contributed by atoms with van der Waals surface area (Å²) in [5.74, 6) is 1.62. The molecule has 0 spiro atoms. The largest absolute Gasteiger partial charge is 0.345 e. The molecule has 0 aromatic carbocycles. The third-order valence-electron chi connectivity index (χ3n) is 3.10. The van der Waals surface area contributed by atoms with Gasteiger partial charge in [0, 0.05) is 31.9 Å². The summed E-state index contributed by atoms with van der Waals surface area (Å²) in [6.45, 7) is 11.9. The van der Waals surface area contributed by atoms with Gasteiger partial charge < -0.3 is 10.3 Å². The Morgan fingerprint density at radius 1 is 1.31 bits per heavy atom. The van der Waals surface area contributed by atoms with Gasteiger partial charge in [-0.1, -0.05) is 13.8 Å². The van der Waals surface area contributed by atoms with Crippen LogP contribution in [0, 0.1) is 6.92 Å². The minimum absolute atomic E-state index is 0.507. The van der Waals surface area contributed by atoms with Gasteiger partial charge in [-0.15, -0.1) is 0 Å². The van der Waals surface area contributed by atoms with Crippen LogP contribution in [0.3, 0.4) is 0 Å². The van der Waals surface area contributed by atoms with E-state index in [4.69, 9.17) is 0 Å². The molecule has 16 heavy (non-hydrogen) atoms. The molecule has 1 aromatic rings. The van der Waals surface area contributed by atoms with Crippen LogP contribution in [0.15, 0.2) is 0 Å². The van der Waals surface area contributed by atoms with Gasteiger partial charge in [0.25, 0.3) is 0 Å². The summed E-state index contributed by atoms with van der Waals surface area (Å²) in [5, 5.41) is 3.36. The number of aromatic nitrogens is 2. The quantitative estimate of drug-likeness (QED) is 0.809. The molecule has 0 amide bonds. The monoisotopic (exact) mass is 222 g/mol. The van der Waals surface area contributed by atoms with Crippen molar-refractivity contribution < 1.29 is 0 Å². The Kier molecular flexibility index (Phi) is 3.61. The number of imidazole rings is 1. The molecule has 0 atom stereocenters. The van der Waals surface area contributed by atoms with Crippen molar-refractivity contribution in [3.8, 4) is 0 Å². The lowest BCUT2D eigenvalue weighted by atomic mass is 10.1. The van der Waals surface area contributed by atoms with Crippen LogP contribution in [-0.2, 0) is 6.54 Å². The summed E-state index contributed by atoms with van der Waals surface area (Å²) in [7, 11) is 0. The van der Waals surface area contributed by atoms with E-state index in [9.17, 15) is 0 Å². The Labute approximate surface area is 97.4 Å². The van der Waals surface area contributed by atoms with E-state index in [-0.39, 0.29) is 0 Å². The van der Waals surface area contributed by atoms with E-state index >= 15 is 0 Å². The summed E-state index contributed by atoms with van der Waals surface area (Å²) in [6, 6.07) is 0. The van der Waals surface area contributed by atoms with Gasteiger partial charge in [0.15, 0.2) is 0 Å². The zero-order valence-corrected chi connectivity index (χ0v) is 10.5. The number of rotatable bonds is 3. The number of H-pyrrole nitrogens is 1. The van der Waals surface area contributed by atoms with E-state index < -0.39 is 0 Å². The molecule has 2 N–H and O–H groups in total. The third kappa shape index (κ3) is 2.62. The fourth-order valence-electron chi connectivity index (χ4n) is 2.26. The number of aromatic amines is 1. The van der Waals surface area contributed by atoms with E-state index in [1.54, 1.807) is 0 Å². The minimum atomic E-state index is 0.507. The molecular weight excluding hydrogens is 200 g/mol. The average molecular weight is 222 g/mol. The maximum Gasteiger partial charge on any atom is 0.120 e. The summed E-state index contributed by atoms with van der Waals surface area (Å²) >= 11 is 0. The van der Waals surface area contributed by atoms with Crippen LogP contribution >= 0.6 is 0 Å². The van der Waals surface area contributed by atoms with E-state index in [0.717, 1.165) is 38.5 Å². The standard InChI is InChI=1S/C12H22N4/c1-9(2)12-10(3)14-11(15-12)8-16-6-4-13-5-7-16/h9,13H,4-8H2,1-3H3,(H,14,15). The molecule has 2 rings (SSSR count). The maximum absolute atomic E-state index is 4.69. The molecule has 2 heterocycles. The van der Waals surface area contributed by atoms with E-state index in [0.29, 0.717) is 5.92 Å². The van der Waals surface area contributed by atoms with Gasteiger partial charge in [-0.2, -0.15) is 0 Å². The van der Waals surface area contributed by atoms with Crippen LogP contribution in [0.4, 0.5) is 0 Å². The zero-order chi connectivity index (χ0) is 11.5. The van der Waals surface area contributed by atoms with Gasteiger partial charge in [0.2, 0.25) is 0 Å². The molecule has 1 aliphatic heterocycles. The number of hydrogen-bond acceptors (Lipinski definition) is 3. The van der Waals surface area contributed by atoms with Gasteiger partial charge in [-0.25, -0.2) is 4.98 Å². The Morgan fingerprint density at radius 2 is 2.00 bits per heavy atom. The summed E-state index contributed by atoms with van der Waals surface area (Å²) in [5.41, 5.74) is 2.44. The molecule has 4 heteroatoms. The highest BCUT2D eigenvalue weighted by atomic mass is 15.2. The van der Waals surface area contributed by atoms with Crippen molar-refractivity contribution in [1.82, 2.24) is 20.2 Å². The van der Waals surface area contributed by atoms with Crippen molar-refractivity contribution in [1.29, 1.82) is 0 Å². The smallest absolute Gasteiger partial charge is 0.120 e. The van der Waals surface area contributed by atoms with Crippen LogP contribution in [0.2, 0.25) is 0 Å². The lowest BCUT2D eigenvalue weighted by molar-refractivity contribution is 0.228. The molecule has 0 unspecified atom stereocenters. The number of nitrogens with zero attached hydrogens (tertiary/aromatic N) is 2. The first-order valence-corrected chi connectivity index (χ1v) is 6.15. The summed E-state index contributed by atoms with van der Waals surface area (Å²) < 4.78 is 0. The molecule has 1 saturated heterocycles. The SMILES string of the molecule is Cc1[nH]c(CN2CCNCC2)nc1C(C)C. The number of piperazine rings is 1. The Morgan fingerprint density at radius 3 is 2.56 bits per heavy atom. The van der Waals surface area contributed by atoms with E-state index in [1.807, 2.05) is 0 Å². The molecule has 1 fully saturated rings. The molecular formula is C12H22N4. The molecule has 0 aliphatic carbocycles. The molecule has 0 saturated carbocycles. The Hall–Kier alpha value is -0.870. The highest BCUT2D eigenvalue weighted by Gasteiger charge is 2.14. The second kappa shape index (κ2) is 4.97.